The lowest BCUT2D eigenvalue weighted by Gasteiger charge is -2.23. The summed E-state index contributed by atoms with van der Waals surface area (Å²) in [5.41, 5.74) is 6.78. The van der Waals surface area contributed by atoms with E-state index in [4.69, 9.17) is 5.73 Å². The summed E-state index contributed by atoms with van der Waals surface area (Å²) in [4.78, 5) is 33.3. The van der Waals surface area contributed by atoms with E-state index in [0.717, 1.165) is 29.5 Å². The number of hydrogen-bond acceptors (Lipinski definition) is 5. The first-order valence-electron chi connectivity index (χ1n) is 8.48. The second-order valence-electron chi connectivity index (χ2n) is 6.47. The molecule has 0 fully saturated rings. The minimum Gasteiger partial charge on any atom is -0.342 e. The van der Waals surface area contributed by atoms with Gasteiger partial charge in [0.2, 0.25) is 5.91 Å². The van der Waals surface area contributed by atoms with E-state index in [2.05, 4.69) is 4.98 Å². The van der Waals surface area contributed by atoms with Gasteiger partial charge in [0.25, 0.3) is 5.56 Å². The maximum Gasteiger partial charge on any atom is 0.262 e. The Morgan fingerprint density at radius 3 is 2.88 bits per heavy atom. The van der Waals surface area contributed by atoms with Gasteiger partial charge in [-0.1, -0.05) is 0 Å². The number of aromatic nitrogens is 2. The van der Waals surface area contributed by atoms with Crippen LogP contribution in [0.3, 0.4) is 0 Å². The van der Waals surface area contributed by atoms with E-state index in [-0.39, 0.29) is 36.3 Å². The number of rotatable bonds is 5. The number of hydrogen-bond donors (Lipinski definition) is 1. The molecule has 25 heavy (non-hydrogen) atoms. The average Bonchev–Trinajstić information content (AvgIpc) is 2.98. The smallest absolute Gasteiger partial charge is 0.262 e. The maximum atomic E-state index is 12.8. The summed E-state index contributed by atoms with van der Waals surface area (Å²) < 4.78 is 1.57. The first kappa shape index (κ1) is 19.9. The van der Waals surface area contributed by atoms with Gasteiger partial charge in [-0.2, -0.15) is 0 Å². The number of nitrogens with two attached hydrogens (primary N) is 1. The van der Waals surface area contributed by atoms with Crippen LogP contribution in [0.2, 0.25) is 0 Å². The summed E-state index contributed by atoms with van der Waals surface area (Å²) in [6, 6.07) is -0.00119. The molecule has 0 aromatic carbocycles. The van der Waals surface area contributed by atoms with Crippen molar-refractivity contribution in [2.75, 3.05) is 13.6 Å². The molecule has 0 saturated carbocycles. The number of likely N-dealkylation sites (N-methyl/N-ethyl adjacent to an activating group) is 1. The van der Waals surface area contributed by atoms with Crippen molar-refractivity contribution in [1.82, 2.24) is 14.5 Å². The Labute approximate surface area is 157 Å². The minimum atomic E-state index is -0.0123. The van der Waals surface area contributed by atoms with Gasteiger partial charge in [-0.3, -0.25) is 14.2 Å². The fraction of sp³-hybridized carbons (Fsp3) is 0.588. The largest absolute Gasteiger partial charge is 0.342 e. The molecule has 2 N–H and O–H groups in total. The molecule has 2 heterocycles. The molecule has 0 bridgehead atoms. The van der Waals surface area contributed by atoms with E-state index in [1.807, 2.05) is 6.92 Å². The Hall–Kier alpha value is -1.44. The van der Waals surface area contributed by atoms with E-state index in [1.54, 1.807) is 34.2 Å². The van der Waals surface area contributed by atoms with Crippen molar-refractivity contribution in [1.29, 1.82) is 0 Å². The monoisotopic (exact) mass is 384 g/mol. The third kappa shape index (κ3) is 3.88. The van der Waals surface area contributed by atoms with Gasteiger partial charge in [0, 0.05) is 37.5 Å². The molecule has 138 valence electrons. The molecule has 8 heteroatoms. The fourth-order valence-corrected chi connectivity index (χ4v) is 4.36. The van der Waals surface area contributed by atoms with Crippen molar-refractivity contribution in [2.24, 2.45) is 5.73 Å². The summed E-state index contributed by atoms with van der Waals surface area (Å²) in [6.07, 6.45) is 6.19. The first-order valence-corrected chi connectivity index (χ1v) is 9.30. The molecule has 0 saturated heterocycles. The number of carbonyl (C=O) groups is 1. The van der Waals surface area contributed by atoms with Crippen LogP contribution in [-0.4, -0.2) is 40.0 Å². The van der Waals surface area contributed by atoms with Crippen LogP contribution in [0.4, 0.5) is 0 Å². The van der Waals surface area contributed by atoms with Crippen molar-refractivity contribution in [3.05, 3.63) is 27.1 Å². The molecule has 2 aromatic rings. The second kappa shape index (κ2) is 8.29. The number of nitrogens with zero attached hydrogens (tertiary/aromatic N) is 3. The van der Waals surface area contributed by atoms with Crippen LogP contribution in [0.1, 0.15) is 36.6 Å². The Bertz CT molecular complexity index is 817. The Balaban J connectivity index is 0.00000225. The highest BCUT2D eigenvalue weighted by Gasteiger charge is 2.20. The summed E-state index contributed by atoms with van der Waals surface area (Å²) >= 11 is 1.65. The molecule has 0 spiro atoms. The van der Waals surface area contributed by atoms with Crippen LogP contribution in [-0.2, 0) is 24.2 Å². The van der Waals surface area contributed by atoms with Crippen LogP contribution in [0.25, 0.3) is 10.2 Å². The van der Waals surface area contributed by atoms with Gasteiger partial charge in [-0.25, -0.2) is 4.98 Å². The summed E-state index contributed by atoms with van der Waals surface area (Å²) in [7, 11) is 1.75. The third-order valence-electron chi connectivity index (χ3n) is 4.90. The SMILES string of the molecule is CC(CN)N(C)C(=O)CCn1cnc2sc3c(c2c1=O)CCCC3.Cl. The lowest BCUT2D eigenvalue weighted by atomic mass is 9.97. The molecular weight excluding hydrogens is 360 g/mol. The molecular formula is C17H25ClN4O2S. The summed E-state index contributed by atoms with van der Waals surface area (Å²) in [5, 5.41) is 0.772. The normalized spacial score (nSPS) is 14.7. The molecule has 0 aliphatic heterocycles. The topological polar surface area (TPSA) is 81.2 Å². The zero-order chi connectivity index (χ0) is 17.3. The van der Waals surface area contributed by atoms with Crippen molar-refractivity contribution in [3.63, 3.8) is 0 Å². The molecule has 6 nitrogen and oxygen atoms in total. The Morgan fingerprint density at radius 1 is 1.44 bits per heavy atom. The van der Waals surface area contributed by atoms with Crippen LogP contribution < -0.4 is 11.3 Å². The number of carbonyl (C=O) groups excluding carboxylic acids is 1. The lowest BCUT2D eigenvalue weighted by molar-refractivity contribution is -0.131. The van der Waals surface area contributed by atoms with Gasteiger partial charge < -0.3 is 10.6 Å². The van der Waals surface area contributed by atoms with Gasteiger partial charge >= 0.3 is 0 Å². The fourth-order valence-electron chi connectivity index (χ4n) is 3.14. The number of aryl methyl sites for hydroxylation is 3. The van der Waals surface area contributed by atoms with Crippen molar-refractivity contribution in [3.8, 4) is 0 Å². The molecule has 1 unspecified atom stereocenters. The number of thiophene rings is 1. The Kier molecular flexibility index (Phi) is 6.59. The molecule has 1 aliphatic carbocycles. The van der Waals surface area contributed by atoms with Crippen LogP contribution in [0, 0.1) is 0 Å². The van der Waals surface area contributed by atoms with Gasteiger partial charge in [0.1, 0.15) is 4.83 Å². The molecule has 2 aromatic heterocycles. The molecule has 1 amide bonds. The average molecular weight is 385 g/mol. The first-order chi connectivity index (χ1) is 11.5. The quantitative estimate of drug-likeness (QED) is 0.854. The van der Waals surface area contributed by atoms with Crippen molar-refractivity contribution >= 4 is 39.9 Å². The molecule has 1 aliphatic rings. The maximum absolute atomic E-state index is 12.8. The second-order valence-corrected chi connectivity index (χ2v) is 7.56. The van der Waals surface area contributed by atoms with Crippen LogP contribution >= 0.6 is 23.7 Å². The van der Waals surface area contributed by atoms with E-state index in [1.165, 1.54) is 16.9 Å². The van der Waals surface area contributed by atoms with E-state index < -0.39 is 0 Å². The minimum absolute atomic E-state index is 0. The molecule has 1 atom stereocenters. The van der Waals surface area contributed by atoms with E-state index in [0.29, 0.717) is 13.1 Å². The van der Waals surface area contributed by atoms with Crippen LogP contribution in [0.15, 0.2) is 11.1 Å². The lowest BCUT2D eigenvalue weighted by Crippen LogP contribution is -2.40. The van der Waals surface area contributed by atoms with E-state index in [9.17, 15) is 9.59 Å². The zero-order valence-corrected chi connectivity index (χ0v) is 16.3. The van der Waals surface area contributed by atoms with E-state index >= 15 is 0 Å². The standard InChI is InChI=1S/C17H24N4O2S.ClH/c1-11(9-18)20(2)14(22)7-8-21-10-19-16-15(17(21)23)12-5-3-4-6-13(12)24-16;/h10-11H,3-9,18H2,1-2H3;1H. The highest BCUT2D eigenvalue weighted by molar-refractivity contribution is 7.18. The highest BCUT2D eigenvalue weighted by atomic mass is 35.5. The zero-order valence-electron chi connectivity index (χ0n) is 14.7. The van der Waals surface area contributed by atoms with Crippen LogP contribution in [0.5, 0.6) is 0 Å². The van der Waals surface area contributed by atoms with Gasteiger partial charge in [-0.05, 0) is 38.2 Å². The molecule has 3 rings (SSSR count). The number of fused-ring (bicyclic) bond motifs is 3. The van der Waals surface area contributed by atoms with Crippen molar-refractivity contribution in [2.45, 2.75) is 51.6 Å². The van der Waals surface area contributed by atoms with Gasteiger partial charge in [0.15, 0.2) is 0 Å². The van der Waals surface area contributed by atoms with Crippen molar-refractivity contribution < 1.29 is 4.79 Å². The Morgan fingerprint density at radius 2 is 2.16 bits per heavy atom. The number of amides is 1. The van der Waals surface area contributed by atoms with Gasteiger partial charge in [0.05, 0.1) is 11.7 Å². The third-order valence-corrected chi connectivity index (χ3v) is 6.10. The predicted molar refractivity (Wildman–Crippen MR) is 104 cm³/mol. The highest BCUT2D eigenvalue weighted by Crippen LogP contribution is 2.33. The summed E-state index contributed by atoms with van der Waals surface area (Å²) in [5.74, 6) is -0.00713. The summed E-state index contributed by atoms with van der Waals surface area (Å²) in [6.45, 7) is 2.69. The number of halogens is 1. The predicted octanol–water partition coefficient (Wildman–Crippen LogP) is 1.95. The van der Waals surface area contributed by atoms with Gasteiger partial charge in [-0.15, -0.1) is 23.7 Å². The molecule has 0 radical (unpaired) electrons.